The average Bonchev–Trinajstić information content (AvgIpc) is 3.37. The molecule has 3 aromatic heterocycles. The summed E-state index contributed by atoms with van der Waals surface area (Å²) < 4.78 is 8.83. The van der Waals surface area contributed by atoms with Gasteiger partial charge < -0.3 is 19.2 Å². The molecular formula is C18H20N6O3. The lowest BCUT2D eigenvalue weighted by Crippen LogP contribution is -2.38. The van der Waals surface area contributed by atoms with Gasteiger partial charge in [-0.1, -0.05) is 0 Å². The van der Waals surface area contributed by atoms with Crippen molar-refractivity contribution >= 4 is 11.8 Å². The van der Waals surface area contributed by atoms with Crippen molar-refractivity contribution in [1.29, 1.82) is 0 Å². The molecule has 9 nitrogen and oxygen atoms in total. The molecule has 140 valence electrons. The van der Waals surface area contributed by atoms with Gasteiger partial charge in [-0.05, 0) is 13.0 Å². The molecule has 0 bridgehead atoms. The first kappa shape index (κ1) is 17.1. The van der Waals surface area contributed by atoms with Crippen LogP contribution in [0, 0.1) is 6.92 Å². The predicted octanol–water partition coefficient (Wildman–Crippen LogP) is 1.10. The summed E-state index contributed by atoms with van der Waals surface area (Å²) in [6.07, 6.45) is 6.63. The third-order valence-electron chi connectivity index (χ3n) is 4.63. The molecule has 1 N–H and O–H groups in total. The Morgan fingerprint density at radius 3 is 2.85 bits per heavy atom. The van der Waals surface area contributed by atoms with Crippen LogP contribution in [-0.2, 0) is 26.7 Å². The maximum atomic E-state index is 12.6. The summed E-state index contributed by atoms with van der Waals surface area (Å²) in [7, 11) is 1.76. The normalized spacial score (nSPS) is 13.5. The van der Waals surface area contributed by atoms with Gasteiger partial charge in [-0.2, -0.15) is 5.10 Å². The van der Waals surface area contributed by atoms with Crippen LogP contribution in [0.25, 0.3) is 0 Å². The number of carbonyl (C=O) groups is 2. The van der Waals surface area contributed by atoms with Gasteiger partial charge in [0.25, 0.3) is 11.8 Å². The van der Waals surface area contributed by atoms with Crippen molar-refractivity contribution in [2.24, 2.45) is 7.05 Å². The van der Waals surface area contributed by atoms with E-state index in [0.717, 1.165) is 11.5 Å². The van der Waals surface area contributed by atoms with Crippen molar-refractivity contribution in [3.05, 3.63) is 59.3 Å². The maximum Gasteiger partial charge on any atom is 0.257 e. The zero-order valence-electron chi connectivity index (χ0n) is 15.2. The lowest BCUT2D eigenvalue weighted by molar-refractivity contribution is 0.0705. The smallest absolute Gasteiger partial charge is 0.257 e. The van der Waals surface area contributed by atoms with Crippen LogP contribution in [0.2, 0.25) is 0 Å². The molecule has 0 spiro atoms. The molecule has 0 radical (unpaired) electrons. The second-order valence-electron chi connectivity index (χ2n) is 6.54. The fourth-order valence-electron chi connectivity index (χ4n) is 3.16. The quantitative estimate of drug-likeness (QED) is 0.744. The number of imidazole rings is 1. The predicted molar refractivity (Wildman–Crippen MR) is 94.8 cm³/mol. The Morgan fingerprint density at radius 2 is 2.15 bits per heavy atom. The molecule has 0 atom stereocenters. The lowest BCUT2D eigenvalue weighted by Gasteiger charge is -2.27. The molecule has 4 heterocycles. The average molecular weight is 368 g/mol. The SMILES string of the molecule is Cc1occc1C(=O)N1CCn2cc(CNC(=O)c3cnn(C)c3)nc2C1. The Morgan fingerprint density at radius 1 is 1.30 bits per heavy atom. The fourth-order valence-corrected chi connectivity index (χ4v) is 3.16. The number of nitrogens with one attached hydrogen (secondary N) is 1. The van der Waals surface area contributed by atoms with Crippen LogP contribution in [0.1, 0.15) is 38.0 Å². The van der Waals surface area contributed by atoms with Gasteiger partial charge >= 0.3 is 0 Å². The number of carbonyl (C=O) groups excluding carboxylic acids is 2. The van der Waals surface area contributed by atoms with Crippen LogP contribution in [0.15, 0.2) is 35.3 Å². The highest BCUT2D eigenvalue weighted by atomic mass is 16.3. The van der Waals surface area contributed by atoms with E-state index < -0.39 is 0 Å². The minimum atomic E-state index is -0.193. The number of aromatic nitrogens is 4. The fraction of sp³-hybridized carbons (Fsp3) is 0.333. The topological polar surface area (TPSA) is 98.2 Å². The van der Waals surface area contributed by atoms with Gasteiger partial charge in [0.05, 0.1) is 42.4 Å². The molecule has 0 saturated heterocycles. The Labute approximate surface area is 155 Å². The van der Waals surface area contributed by atoms with Crippen molar-refractivity contribution < 1.29 is 14.0 Å². The standard InChI is InChI=1S/C18H20N6O3/c1-12-15(3-6-27-12)18(26)24-5-4-23-10-14(21-16(23)11-24)8-19-17(25)13-7-20-22(2)9-13/h3,6-7,9-10H,4-5,8,11H2,1-2H3,(H,19,25). The van der Waals surface area contributed by atoms with E-state index in [9.17, 15) is 9.59 Å². The summed E-state index contributed by atoms with van der Waals surface area (Å²) in [4.78, 5) is 31.1. The number of rotatable bonds is 4. The third-order valence-corrected chi connectivity index (χ3v) is 4.63. The molecule has 0 saturated carbocycles. The summed E-state index contributed by atoms with van der Waals surface area (Å²) in [6, 6.07) is 1.69. The number of amides is 2. The van der Waals surface area contributed by atoms with Gasteiger partial charge in [0.15, 0.2) is 0 Å². The monoisotopic (exact) mass is 368 g/mol. The van der Waals surface area contributed by atoms with E-state index in [-0.39, 0.29) is 11.8 Å². The summed E-state index contributed by atoms with van der Waals surface area (Å²) >= 11 is 0. The van der Waals surface area contributed by atoms with Crippen molar-refractivity contribution in [2.45, 2.75) is 26.6 Å². The Bertz CT molecular complexity index is 999. The van der Waals surface area contributed by atoms with Crippen LogP contribution in [-0.4, -0.2) is 42.6 Å². The highest BCUT2D eigenvalue weighted by Gasteiger charge is 2.25. The summed E-state index contributed by atoms with van der Waals surface area (Å²) in [5.41, 5.74) is 1.85. The maximum absolute atomic E-state index is 12.6. The lowest BCUT2D eigenvalue weighted by atomic mass is 10.2. The largest absolute Gasteiger partial charge is 0.469 e. The molecule has 3 aromatic rings. The number of furan rings is 1. The number of fused-ring (bicyclic) bond motifs is 1. The molecular weight excluding hydrogens is 348 g/mol. The summed E-state index contributed by atoms with van der Waals surface area (Å²) in [5, 5.41) is 6.83. The first-order valence-electron chi connectivity index (χ1n) is 8.66. The highest BCUT2D eigenvalue weighted by Crippen LogP contribution is 2.18. The van der Waals surface area contributed by atoms with E-state index in [4.69, 9.17) is 4.42 Å². The van der Waals surface area contributed by atoms with E-state index >= 15 is 0 Å². The number of aryl methyl sites for hydroxylation is 2. The molecule has 9 heteroatoms. The van der Waals surface area contributed by atoms with Crippen LogP contribution >= 0.6 is 0 Å². The summed E-state index contributed by atoms with van der Waals surface area (Å²) in [5.74, 6) is 1.18. The van der Waals surface area contributed by atoms with Crippen LogP contribution < -0.4 is 5.32 Å². The van der Waals surface area contributed by atoms with Gasteiger partial charge in [0.1, 0.15) is 11.6 Å². The first-order chi connectivity index (χ1) is 13.0. The Balaban J connectivity index is 1.41. The second-order valence-corrected chi connectivity index (χ2v) is 6.54. The summed E-state index contributed by atoms with van der Waals surface area (Å²) in [6.45, 7) is 3.81. The molecule has 27 heavy (non-hydrogen) atoms. The van der Waals surface area contributed by atoms with Crippen molar-refractivity contribution in [3.63, 3.8) is 0 Å². The zero-order chi connectivity index (χ0) is 19.0. The molecule has 0 unspecified atom stereocenters. The van der Waals surface area contributed by atoms with E-state index in [2.05, 4.69) is 15.4 Å². The van der Waals surface area contributed by atoms with Gasteiger partial charge in [-0.15, -0.1) is 0 Å². The number of hydrogen-bond donors (Lipinski definition) is 1. The molecule has 0 fully saturated rings. The first-order valence-corrected chi connectivity index (χ1v) is 8.66. The van der Waals surface area contributed by atoms with Crippen LogP contribution in [0.4, 0.5) is 0 Å². The van der Waals surface area contributed by atoms with Gasteiger partial charge in [-0.3, -0.25) is 14.3 Å². The van der Waals surface area contributed by atoms with E-state index in [1.165, 1.54) is 12.5 Å². The van der Waals surface area contributed by atoms with Crippen LogP contribution in [0.5, 0.6) is 0 Å². The molecule has 1 aliphatic heterocycles. The molecule has 0 aromatic carbocycles. The molecule has 0 aliphatic carbocycles. The van der Waals surface area contributed by atoms with Crippen molar-refractivity contribution in [1.82, 2.24) is 29.5 Å². The molecule has 1 aliphatic rings. The van der Waals surface area contributed by atoms with Crippen molar-refractivity contribution in [2.75, 3.05) is 6.54 Å². The highest BCUT2D eigenvalue weighted by molar-refractivity contribution is 5.95. The minimum absolute atomic E-state index is 0.0538. The second kappa shape index (κ2) is 6.75. The Kier molecular flexibility index (Phi) is 4.27. The number of nitrogens with zero attached hydrogens (tertiary/aromatic N) is 5. The van der Waals surface area contributed by atoms with E-state index in [1.54, 1.807) is 35.8 Å². The zero-order valence-corrected chi connectivity index (χ0v) is 15.2. The van der Waals surface area contributed by atoms with Gasteiger partial charge in [0.2, 0.25) is 0 Å². The van der Waals surface area contributed by atoms with Crippen LogP contribution in [0.3, 0.4) is 0 Å². The van der Waals surface area contributed by atoms with Gasteiger partial charge in [-0.25, -0.2) is 4.98 Å². The van der Waals surface area contributed by atoms with E-state index in [1.807, 2.05) is 10.8 Å². The van der Waals surface area contributed by atoms with Crippen molar-refractivity contribution in [3.8, 4) is 0 Å². The number of hydrogen-bond acceptors (Lipinski definition) is 5. The Hall–Kier alpha value is -3.36. The molecule has 2 amide bonds. The van der Waals surface area contributed by atoms with E-state index in [0.29, 0.717) is 43.1 Å². The molecule has 4 rings (SSSR count). The van der Waals surface area contributed by atoms with Gasteiger partial charge in [0, 0.05) is 32.5 Å². The minimum Gasteiger partial charge on any atom is -0.469 e. The third kappa shape index (κ3) is 3.35.